The van der Waals surface area contributed by atoms with Crippen molar-refractivity contribution >= 4 is 29.4 Å². The Labute approximate surface area is 182 Å². The van der Waals surface area contributed by atoms with E-state index in [1.807, 2.05) is 5.32 Å². The molecule has 2 aromatic rings. The predicted molar refractivity (Wildman–Crippen MR) is 96.1 cm³/mol. The lowest BCUT2D eigenvalue weighted by Gasteiger charge is -2.13. The number of hydrogen-bond acceptors (Lipinski definition) is 6. The number of alkyl halides is 9. The molecule has 7 nitrogen and oxygen atoms in total. The molecule has 182 valence electrons. The fourth-order valence-corrected chi connectivity index (χ4v) is 2.46. The van der Waals surface area contributed by atoms with Crippen LogP contribution in [0.2, 0.25) is 0 Å². The highest BCUT2D eigenvalue weighted by atomic mass is 32.2. The molecular formula is C16H11F9N4O3S. The summed E-state index contributed by atoms with van der Waals surface area (Å²) >= 11 is -0.390. The molecule has 0 spiro atoms. The van der Waals surface area contributed by atoms with E-state index in [1.54, 1.807) is 0 Å². The number of ether oxygens (including phenoxy) is 2. The number of hydrogen-bond donors (Lipinski definition) is 2. The summed E-state index contributed by atoms with van der Waals surface area (Å²) in [6, 6.07) is 3.79. The molecule has 2 amide bonds. The third-order valence-corrected chi connectivity index (χ3v) is 3.76. The summed E-state index contributed by atoms with van der Waals surface area (Å²) in [5.41, 5.74) is -4.51. The molecule has 0 aliphatic carbocycles. The van der Waals surface area contributed by atoms with Crippen molar-refractivity contribution in [1.82, 2.24) is 9.97 Å². The van der Waals surface area contributed by atoms with E-state index in [4.69, 9.17) is 0 Å². The Bertz CT molecular complexity index is 914. The Morgan fingerprint density at radius 1 is 0.818 bits per heavy atom. The number of carbonyl (C=O) groups is 1. The number of nitrogens with one attached hydrogen (secondary N) is 2. The van der Waals surface area contributed by atoms with E-state index in [2.05, 4.69) is 24.8 Å². The van der Waals surface area contributed by atoms with Crippen molar-refractivity contribution in [3.63, 3.8) is 0 Å². The highest BCUT2D eigenvalue weighted by molar-refractivity contribution is 8.00. The minimum atomic E-state index is -4.79. The summed E-state index contributed by atoms with van der Waals surface area (Å²) in [6.45, 7) is -3.67. The first-order valence-electron chi connectivity index (χ1n) is 8.30. The van der Waals surface area contributed by atoms with Crippen LogP contribution in [0.1, 0.15) is 0 Å². The minimum absolute atomic E-state index is 0.0112. The molecule has 0 unspecified atom stereocenters. The first-order chi connectivity index (χ1) is 15.1. The first-order valence-corrected chi connectivity index (χ1v) is 9.12. The second-order valence-corrected chi connectivity index (χ2v) is 6.97. The normalized spacial score (nSPS) is 12.3. The van der Waals surface area contributed by atoms with Crippen LogP contribution in [0.4, 0.5) is 55.9 Å². The Balaban J connectivity index is 2.10. The average molecular weight is 510 g/mol. The van der Waals surface area contributed by atoms with Crippen LogP contribution in [0.15, 0.2) is 35.2 Å². The van der Waals surface area contributed by atoms with E-state index in [1.165, 1.54) is 0 Å². The van der Waals surface area contributed by atoms with Crippen LogP contribution in [-0.2, 0) is 0 Å². The van der Waals surface area contributed by atoms with Crippen molar-refractivity contribution in [3.05, 3.63) is 30.3 Å². The molecule has 0 saturated carbocycles. The van der Waals surface area contributed by atoms with E-state index < -0.39 is 54.8 Å². The maximum absolute atomic E-state index is 12.3. The Kier molecular flexibility index (Phi) is 8.10. The zero-order valence-corrected chi connectivity index (χ0v) is 16.5. The second kappa shape index (κ2) is 10.2. The summed E-state index contributed by atoms with van der Waals surface area (Å²) in [7, 11) is 0. The molecule has 2 N–H and O–H groups in total. The highest BCUT2D eigenvalue weighted by Gasteiger charge is 2.31. The standard InChI is InChI=1S/C16H11F9N4O3S/c17-14(18,19)6-31-10-5-11(32-7-15(20,21)22)28-12(27-10)29-13(30)26-8-1-3-9(4-2-8)33-16(23,24)25/h1-5H,6-7H2,(H2,26,27,28,29,30). The van der Waals surface area contributed by atoms with Crippen LogP contribution >= 0.6 is 11.8 Å². The van der Waals surface area contributed by atoms with Gasteiger partial charge >= 0.3 is 23.9 Å². The lowest BCUT2D eigenvalue weighted by atomic mass is 10.3. The first kappa shape index (κ1) is 26.1. The summed E-state index contributed by atoms with van der Waals surface area (Å²) < 4.78 is 120. The number of anilines is 2. The van der Waals surface area contributed by atoms with Gasteiger partial charge in [-0.3, -0.25) is 5.32 Å². The number of thioether (sulfide) groups is 1. The van der Waals surface area contributed by atoms with Gasteiger partial charge in [0.25, 0.3) is 0 Å². The molecule has 1 aromatic heterocycles. The van der Waals surface area contributed by atoms with Crippen LogP contribution in [0.25, 0.3) is 0 Å². The summed E-state index contributed by atoms with van der Waals surface area (Å²) in [5.74, 6) is -2.46. The van der Waals surface area contributed by atoms with Crippen molar-refractivity contribution < 1.29 is 53.8 Å². The molecule has 0 aliphatic heterocycles. The number of carbonyl (C=O) groups excluding carboxylic acids is 1. The third-order valence-electron chi connectivity index (χ3n) is 3.02. The highest BCUT2D eigenvalue weighted by Crippen LogP contribution is 2.37. The summed E-state index contributed by atoms with van der Waals surface area (Å²) in [6.07, 6.45) is -9.58. The monoisotopic (exact) mass is 510 g/mol. The quantitative estimate of drug-likeness (QED) is 0.372. The molecule has 2 rings (SSSR count). The Morgan fingerprint density at radius 2 is 1.30 bits per heavy atom. The fourth-order valence-electron chi connectivity index (χ4n) is 1.92. The van der Waals surface area contributed by atoms with Gasteiger partial charge in [-0.15, -0.1) is 0 Å². The van der Waals surface area contributed by atoms with Crippen LogP contribution in [0.5, 0.6) is 11.8 Å². The van der Waals surface area contributed by atoms with Gasteiger partial charge in [-0.1, -0.05) is 0 Å². The maximum atomic E-state index is 12.3. The van der Waals surface area contributed by atoms with Gasteiger partial charge in [0.05, 0.1) is 6.07 Å². The molecule has 0 bridgehead atoms. The molecule has 0 saturated heterocycles. The van der Waals surface area contributed by atoms with Gasteiger partial charge in [-0.2, -0.15) is 49.5 Å². The van der Waals surface area contributed by atoms with Crippen molar-refractivity contribution in [1.29, 1.82) is 0 Å². The Morgan fingerprint density at radius 3 is 1.73 bits per heavy atom. The topological polar surface area (TPSA) is 85.4 Å². The third kappa shape index (κ3) is 10.8. The Hall–Kier alpha value is -3.11. The van der Waals surface area contributed by atoms with E-state index in [-0.39, 0.29) is 22.3 Å². The predicted octanol–water partition coefficient (Wildman–Crippen LogP) is 5.61. The lowest BCUT2D eigenvalue weighted by Crippen LogP contribution is -2.23. The number of rotatable bonds is 7. The largest absolute Gasteiger partial charge is 0.468 e. The van der Waals surface area contributed by atoms with Crippen LogP contribution in [-0.4, -0.2) is 47.1 Å². The molecule has 0 fully saturated rings. The number of halogens is 9. The second-order valence-electron chi connectivity index (χ2n) is 5.83. The van der Waals surface area contributed by atoms with Gasteiger partial charge in [-0.25, -0.2) is 4.79 Å². The van der Waals surface area contributed by atoms with Crippen molar-refractivity contribution in [2.75, 3.05) is 23.8 Å². The van der Waals surface area contributed by atoms with Gasteiger partial charge in [0.1, 0.15) is 0 Å². The number of benzene rings is 1. The van der Waals surface area contributed by atoms with Gasteiger partial charge < -0.3 is 14.8 Å². The average Bonchev–Trinajstić information content (AvgIpc) is 2.64. The van der Waals surface area contributed by atoms with Crippen LogP contribution in [0.3, 0.4) is 0 Å². The molecule has 1 aromatic carbocycles. The van der Waals surface area contributed by atoms with Crippen molar-refractivity contribution in [2.24, 2.45) is 0 Å². The molecule has 33 heavy (non-hydrogen) atoms. The fraction of sp³-hybridized carbons (Fsp3) is 0.312. The lowest BCUT2D eigenvalue weighted by molar-refractivity contribution is -0.154. The van der Waals surface area contributed by atoms with Gasteiger partial charge in [0, 0.05) is 10.6 Å². The zero-order chi connectivity index (χ0) is 24.9. The number of nitrogens with zero attached hydrogens (tertiary/aromatic N) is 2. The summed E-state index contributed by atoms with van der Waals surface area (Å²) in [5, 5.41) is 4.11. The SMILES string of the molecule is O=C(Nc1ccc(SC(F)(F)F)cc1)Nc1nc(OCC(F)(F)F)cc(OCC(F)(F)F)n1. The van der Waals surface area contributed by atoms with E-state index in [0.29, 0.717) is 6.07 Å². The van der Waals surface area contributed by atoms with E-state index in [0.717, 1.165) is 24.3 Å². The van der Waals surface area contributed by atoms with Gasteiger partial charge in [0.15, 0.2) is 13.2 Å². The molecular weight excluding hydrogens is 499 g/mol. The summed E-state index contributed by atoms with van der Waals surface area (Å²) in [4.78, 5) is 18.7. The van der Waals surface area contributed by atoms with Crippen LogP contribution < -0.4 is 20.1 Å². The molecule has 0 aliphatic rings. The van der Waals surface area contributed by atoms with Crippen molar-refractivity contribution in [3.8, 4) is 11.8 Å². The minimum Gasteiger partial charge on any atom is -0.468 e. The molecule has 0 atom stereocenters. The van der Waals surface area contributed by atoms with E-state index >= 15 is 0 Å². The van der Waals surface area contributed by atoms with Crippen molar-refractivity contribution in [2.45, 2.75) is 22.8 Å². The van der Waals surface area contributed by atoms with Gasteiger partial charge in [-0.05, 0) is 36.0 Å². The number of aromatic nitrogens is 2. The van der Waals surface area contributed by atoms with E-state index in [9.17, 15) is 44.3 Å². The number of amides is 2. The van der Waals surface area contributed by atoms with Crippen LogP contribution in [0, 0.1) is 0 Å². The van der Waals surface area contributed by atoms with Gasteiger partial charge in [0.2, 0.25) is 17.7 Å². The number of urea groups is 1. The maximum Gasteiger partial charge on any atom is 0.446 e. The molecule has 0 radical (unpaired) electrons. The molecule has 17 heteroatoms. The molecule has 1 heterocycles. The smallest absolute Gasteiger partial charge is 0.446 e. The zero-order valence-electron chi connectivity index (χ0n) is 15.7.